The van der Waals surface area contributed by atoms with E-state index in [1.807, 2.05) is 0 Å². The van der Waals surface area contributed by atoms with Crippen LogP contribution in [0.15, 0.2) is 24.3 Å². The molecule has 0 fully saturated rings. The molecular formula is C18H18F2N4O2S. The van der Waals surface area contributed by atoms with Gasteiger partial charge in [0.2, 0.25) is 5.95 Å². The van der Waals surface area contributed by atoms with Crippen LogP contribution in [0.1, 0.15) is 35.5 Å². The van der Waals surface area contributed by atoms with Crippen LogP contribution in [0.4, 0.5) is 20.4 Å². The molecule has 0 saturated heterocycles. The number of carbonyl (C=O) groups excluding carboxylic acids is 1. The van der Waals surface area contributed by atoms with Crippen molar-refractivity contribution in [3.63, 3.8) is 0 Å². The number of hydrogen-bond donors (Lipinski definition) is 3. The van der Waals surface area contributed by atoms with Gasteiger partial charge < -0.3 is 16.2 Å². The summed E-state index contributed by atoms with van der Waals surface area (Å²) >= 11 is 1.10. The number of nitrogens with two attached hydrogens (primary N) is 1. The van der Waals surface area contributed by atoms with Crippen molar-refractivity contribution in [2.45, 2.75) is 25.8 Å². The van der Waals surface area contributed by atoms with Crippen molar-refractivity contribution < 1.29 is 18.7 Å². The first-order valence-corrected chi connectivity index (χ1v) is 8.90. The van der Waals surface area contributed by atoms with E-state index in [1.54, 1.807) is 19.9 Å². The number of fused-ring (bicyclic) bond motifs is 1. The number of aromatic nitrogens is 2. The number of carbonyl (C=O) groups is 1. The van der Waals surface area contributed by atoms with E-state index in [9.17, 15) is 18.7 Å². The molecular weight excluding hydrogens is 374 g/mol. The number of halogens is 2. The molecule has 1 aromatic carbocycles. The Morgan fingerprint density at radius 2 is 2.11 bits per heavy atom. The van der Waals surface area contributed by atoms with Gasteiger partial charge in [-0.1, -0.05) is 18.2 Å². The van der Waals surface area contributed by atoms with E-state index >= 15 is 0 Å². The first-order chi connectivity index (χ1) is 12.8. The number of anilines is 2. The van der Waals surface area contributed by atoms with Crippen molar-refractivity contribution in [1.29, 1.82) is 0 Å². The molecule has 3 aromatic rings. The Balaban J connectivity index is 2.26. The number of nitrogens with zero attached hydrogens (tertiary/aromatic N) is 2. The fourth-order valence-corrected chi connectivity index (χ4v) is 3.46. The predicted molar refractivity (Wildman–Crippen MR) is 102 cm³/mol. The van der Waals surface area contributed by atoms with Crippen LogP contribution in [0, 0.1) is 0 Å². The molecule has 9 heteroatoms. The standard InChI is InChI=1S/C18H18F2N4O2S/c1-18(2,8-26)24-17-22-14(9-4-3-5-10(6-9)15(19)20)12-13(21)11(7-25)27-16(12)23-17/h3-7,15,26H,8,21H2,1-2H3,(H,22,23,24). The zero-order chi connectivity index (χ0) is 19.8. The van der Waals surface area contributed by atoms with Gasteiger partial charge in [0.15, 0.2) is 6.29 Å². The molecule has 2 heterocycles. The van der Waals surface area contributed by atoms with Gasteiger partial charge in [-0.15, -0.1) is 11.3 Å². The number of aliphatic hydroxyl groups excluding tert-OH is 1. The molecule has 0 unspecified atom stereocenters. The quantitative estimate of drug-likeness (QED) is 0.551. The van der Waals surface area contributed by atoms with Gasteiger partial charge in [0.25, 0.3) is 6.43 Å². The molecule has 0 aliphatic carbocycles. The monoisotopic (exact) mass is 392 g/mol. The second-order valence-electron chi connectivity index (χ2n) is 6.67. The lowest BCUT2D eigenvalue weighted by Gasteiger charge is -2.23. The van der Waals surface area contributed by atoms with Crippen LogP contribution in [0.25, 0.3) is 21.5 Å². The van der Waals surface area contributed by atoms with E-state index in [-0.39, 0.29) is 23.8 Å². The predicted octanol–water partition coefficient (Wildman–Crippen LogP) is 3.87. The lowest BCUT2D eigenvalue weighted by atomic mass is 10.0. The fourth-order valence-electron chi connectivity index (χ4n) is 2.56. The van der Waals surface area contributed by atoms with Crippen LogP contribution in [-0.4, -0.2) is 33.5 Å². The maximum Gasteiger partial charge on any atom is 0.263 e. The molecule has 2 aromatic heterocycles. The summed E-state index contributed by atoms with van der Waals surface area (Å²) in [6.07, 6.45) is -2.00. The van der Waals surface area contributed by atoms with E-state index in [2.05, 4.69) is 15.3 Å². The van der Waals surface area contributed by atoms with E-state index in [1.165, 1.54) is 18.2 Å². The number of nitrogen functional groups attached to an aromatic ring is 1. The Labute approximate surface area is 158 Å². The van der Waals surface area contributed by atoms with Gasteiger partial charge in [-0.3, -0.25) is 4.79 Å². The van der Waals surface area contributed by atoms with E-state index in [0.29, 0.717) is 32.6 Å². The van der Waals surface area contributed by atoms with Gasteiger partial charge in [-0.25, -0.2) is 18.7 Å². The van der Waals surface area contributed by atoms with E-state index < -0.39 is 12.0 Å². The van der Waals surface area contributed by atoms with Crippen LogP contribution < -0.4 is 11.1 Å². The number of benzene rings is 1. The minimum absolute atomic E-state index is 0.145. The number of rotatable bonds is 6. The van der Waals surface area contributed by atoms with Crippen LogP contribution in [0.5, 0.6) is 0 Å². The van der Waals surface area contributed by atoms with Gasteiger partial charge in [-0.2, -0.15) is 0 Å². The number of alkyl halides is 2. The Morgan fingerprint density at radius 3 is 2.74 bits per heavy atom. The average molecular weight is 392 g/mol. The number of thiophene rings is 1. The highest BCUT2D eigenvalue weighted by atomic mass is 32.1. The zero-order valence-electron chi connectivity index (χ0n) is 14.7. The molecule has 6 nitrogen and oxygen atoms in total. The molecule has 3 rings (SSSR count). The molecule has 0 bridgehead atoms. The molecule has 0 amide bonds. The summed E-state index contributed by atoms with van der Waals surface area (Å²) in [5.74, 6) is 0.206. The molecule has 142 valence electrons. The van der Waals surface area contributed by atoms with Crippen LogP contribution in [-0.2, 0) is 0 Å². The highest BCUT2D eigenvalue weighted by molar-refractivity contribution is 7.21. The Hall–Kier alpha value is -2.65. The molecule has 27 heavy (non-hydrogen) atoms. The number of nitrogens with one attached hydrogen (secondary N) is 1. The van der Waals surface area contributed by atoms with Gasteiger partial charge in [-0.05, 0) is 19.9 Å². The summed E-state index contributed by atoms with van der Waals surface area (Å²) in [4.78, 5) is 20.9. The average Bonchev–Trinajstić information content (AvgIpc) is 2.96. The van der Waals surface area contributed by atoms with Crippen LogP contribution >= 0.6 is 11.3 Å². The summed E-state index contributed by atoms with van der Waals surface area (Å²) in [5.41, 5.74) is 6.24. The SMILES string of the molecule is CC(C)(CO)Nc1nc(-c2cccc(C(F)F)c2)c2c(N)c(C=O)sc2n1. The largest absolute Gasteiger partial charge is 0.397 e. The first-order valence-electron chi connectivity index (χ1n) is 8.08. The molecule has 0 spiro atoms. The van der Waals surface area contributed by atoms with Crippen LogP contribution in [0.2, 0.25) is 0 Å². The number of aldehydes is 1. The topological polar surface area (TPSA) is 101 Å². The van der Waals surface area contributed by atoms with Gasteiger partial charge in [0, 0.05) is 11.1 Å². The van der Waals surface area contributed by atoms with Crippen molar-refractivity contribution in [2.24, 2.45) is 0 Å². The third-order valence-corrected chi connectivity index (χ3v) is 5.01. The highest BCUT2D eigenvalue weighted by Gasteiger charge is 2.22. The van der Waals surface area contributed by atoms with Crippen molar-refractivity contribution in [2.75, 3.05) is 17.7 Å². The maximum absolute atomic E-state index is 13.1. The van der Waals surface area contributed by atoms with E-state index in [0.717, 1.165) is 11.3 Å². The summed E-state index contributed by atoms with van der Waals surface area (Å²) in [6, 6.07) is 5.82. The van der Waals surface area contributed by atoms with Gasteiger partial charge in [0.1, 0.15) is 4.83 Å². The molecule has 0 radical (unpaired) electrons. The van der Waals surface area contributed by atoms with Crippen LogP contribution in [0.3, 0.4) is 0 Å². The maximum atomic E-state index is 13.1. The second-order valence-corrected chi connectivity index (χ2v) is 7.70. The first kappa shape index (κ1) is 19.1. The van der Waals surface area contributed by atoms with E-state index in [4.69, 9.17) is 5.73 Å². The van der Waals surface area contributed by atoms with Crippen molar-refractivity contribution in [3.8, 4) is 11.3 Å². The van der Waals surface area contributed by atoms with Gasteiger partial charge >= 0.3 is 0 Å². The molecule has 0 atom stereocenters. The number of hydrogen-bond acceptors (Lipinski definition) is 7. The summed E-state index contributed by atoms with van der Waals surface area (Å²) in [5, 5.41) is 12.9. The molecule has 0 aliphatic rings. The van der Waals surface area contributed by atoms with Crippen molar-refractivity contribution >= 4 is 39.5 Å². The Kier molecular flexibility index (Phi) is 5.07. The fraction of sp³-hybridized carbons (Fsp3) is 0.278. The number of aliphatic hydroxyl groups is 1. The second kappa shape index (κ2) is 7.16. The third-order valence-electron chi connectivity index (χ3n) is 3.98. The third kappa shape index (κ3) is 3.74. The molecule has 0 aliphatic heterocycles. The molecule has 0 saturated carbocycles. The summed E-state index contributed by atoms with van der Waals surface area (Å²) < 4.78 is 26.2. The molecule has 4 N–H and O–H groups in total. The smallest absolute Gasteiger partial charge is 0.263 e. The zero-order valence-corrected chi connectivity index (χ0v) is 15.5. The minimum atomic E-state index is -2.63. The van der Waals surface area contributed by atoms with Crippen molar-refractivity contribution in [1.82, 2.24) is 9.97 Å². The Bertz CT molecular complexity index is 1000. The summed E-state index contributed by atoms with van der Waals surface area (Å²) in [7, 11) is 0. The normalized spacial score (nSPS) is 11.9. The lowest BCUT2D eigenvalue weighted by Crippen LogP contribution is -2.35. The highest BCUT2D eigenvalue weighted by Crippen LogP contribution is 2.39. The summed E-state index contributed by atoms with van der Waals surface area (Å²) in [6.45, 7) is 3.35. The minimum Gasteiger partial charge on any atom is -0.397 e. The lowest BCUT2D eigenvalue weighted by molar-refractivity contribution is 0.112. The van der Waals surface area contributed by atoms with Crippen molar-refractivity contribution in [3.05, 3.63) is 34.7 Å². The van der Waals surface area contributed by atoms with Gasteiger partial charge in [0.05, 0.1) is 33.8 Å². The Morgan fingerprint density at radius 1 is 1.37 bits per heavy atom.